The zero-order chi connectivity index (χ0) is 14.0. The molecule has 1 aliphatic heterocycles. The molecule has 0 aliphatic carbocycles. The summed E-state index contributed by atoms with van der Waals surface area (Å²) in [6.45, 7) is 2.12. The van der Waals surface area contributed by atoms with Crippen LogP contribution in [-0.2, 0) is 9.84 Å². The summed E-state index contributed by atoms with van der Waals surface area (Å²) in [7, 11) is -3.22. The maximum absolute atomic E-state index is 13.6. The van der Waals surface area contributed by atoms with E-state index >= 15 is 0 Å². The van der Waals surface area contributed by atoms with E-state index in [0.717, 1.165) is 0 Å². The van der Waals surface area contributed by atoms with Gasteiger partial charge in [-0.15, -0.1) is 0 Å². The van der Waals surface area contributed by atoms with E-state index in [2.05, 4.69) is 5.32 Å². The van der Waals surface area contributed by atoms with Crippen LogP contribution in [0.15, 0.2) is 18.2 Å². The fourth-order valence-corrected chi connectivity index (χ4v) is 3.79. The van der Waals surface area contributed by atoms with E-state index in [4.69, 9.17) is 4.74 Å². The van der Waals surface area contributed by atoms with Crippen molar-refractivity contribution < 1.29 is 22.7 Å². The minimum Gasteiger partial charge on any atom is -0.491 e. The van der Waals surface area contributed by atoms with Gasteiger partial charge < -0.3 is 15.2 Å². The molecule has 0 bridgehead atoms. The summed E-state index contributed by atoms with van der Waals surface area (Å²) in [5.74, 6) is -0.789. The molecule has 1 aromatic carbocycles. The molecule has 19 heavy (non-hydrogen) atoms. The predicted molar refractivity (Wildman–Crippen MR) is 69.6 cm³/mol. The van der Waals surface area contributed by atoms with Gasteiger partial charge in [-0.2, -0.15) is 0 Å². The van der Waals surface area contributed by atoms with Crippen LogP contribution in [0.4, 0.5) is 10.1 Å². The molecule has 1 aromatic rings. The number of aliphatic hydroxyl groups is 1. The third-order valence-electron chi connectivity index (χ3n) is 2.91. The highest BCUT2D eigenvalue weighted by atomic mass is 32.2. The summed E-state index contributed by atoms with van der Waals surface area (Å²) in [5.41, 5.74) is 0.419. The van der Waals surface area contributed by atoms with E-state index < -0.39 is 27.8 Å². The van der Waals surface area contributed by atoms with Gasteiger partial charge >= 0.3 is 0 Å². The van der Waals surface area contributed by atoms with Crippen LogP contribution in [0.5, 0.6) is 5.75 Å². The van der Waals surface area contributed by atoms with Gasteiger partial charge in [-0.1, -0.05) is 0 Å². The molecular weight excluding hydrogens is 273 g/mol. The van der Waals surface area contributed by atoms with E-state index in [1.54, 1.807) is 13.0 Å². The lowest BCUT2D eigenvalue weighted by molar-refractivity contribution is 0.190. The number of halogens is 1. The van der Waals surface area contributed by atoms with Crippen LogP contribution in [0.25, 0.3) is 0 Å². The van der Waals surface area contributed by atoms with Crippen molar-refractivity contribution in [2.75, 3.05) is 23.4 Å². The van der Waals surface area contributed by atoms with E-state index in [1.165, 1.54) is 12.1 Å². The fourth-order valence-electron chi connectivity index (χ4n) is 2.04. The Morgan fingerprint density at radius 3 is 2.74 bits per heavy atom. The van der Waals surface area contributed by atoms with Crippen LogP contribution in [0.2, 0.25) is 0 Å². The molecule has 106 valence electrons. The minimum absolute atomic E-state index is 0.146. The summed E-state index contributed by atoms with van der Waals surface area (Å²) >= 11 is 0. The van der Waals surface area contributed by atoms with Crippen LogP contribution in [0.3, 0.4) is 0 Å². The van der Waals surface area contributed by atoms with Crippen LogP contribution in [0, 0.1) is 5.82 Å². The molecule has 5 nitrogen and oxygen atoms in total. The molecule has 2 rings (SSSR count). The van der Waals surface area contributed by atoms with Crippen molar-refractivity contribution in [3.63, 3.8) is 0 Å². The lowest BCUT2D eigenvalue weighted by Gasteiger charge is -2.16. The standard InChI is InChI=1S/C12H16FNO4S/c1-2-18-12-4-3-8(5-9(12)13)14-10-6-19(16,17)7-11(10)15/h3-5,10-11,14-15H,2,6-7H2,1H3. The van der Waals surface area contributed by atoms with Crippen LogP contribution < -0.4 is 10.1 Å². The first-order valence-corrected chi connectivity index (χ1v) is 7.81. The number of aliphatic hydroxyl groups excluding tert-OH is 1. The van der Waals surface area contributed by atoms with Crippen molar-refractivity contribution in [2.45, 2.75) is 19.1 Å². The van der Waals surface area contributed by atoms with Gasteiger partial charge in [0.2, 0.25) is 0 Å². The quantitative estimate of drug-likeness (QED) is 0.857. The Kier molecular flexibility index (Phi) is 3.96. The van der Waals surface area contributed by atoms with E-state index in [9.17, 15) is 17.9 Å². The number of hydrogen-bond acceptors (Lipinski definition) is 5. The van der Waals surface area contributed by atoms with Crippen molar-refractivity contribution in [1.29, 1.82) is 0 Å². The normalized spacial score (nSPS) is 25.2. The molecule has 2 atom stereocenters. The van der Waals surface area contributed by atoms with Gasteiger partial charge in [-0.05, 0) is 19.1 Å². The topological polar surface area (TPSA) is 75.6 Å². The Balaban J connectivity index is 2.10. The summed E-state index contributed by atoms with van der Waals surface area (Å²) in [6, 6.07) is 3.67. The zero-order valence-corrected chi connectivity index (χ0v) is 11.3. The Bertz CT molecular complexity index is 561. The van der Waals surface area contributed by atoms with Gasteiger partial charge in [0.05, 0.1) is 30.3 Å². The molecule has 2 unspecified atom stereocenters. The Labute approximate surface area is 111 Å². The molecule has 7 heteroatoms. The van der Waals surface area contributed by atoms with E-state index in [-0.39, 0.29) is 17.3 Å². The maximum Gasteiger partial charge on any atom is 0.167 e. The maximum atomic E-state index is 13.6. The largest absolute Gasteiger partial charge is 0.491 e. The van der Waals surface area contributed by atoms with Crippen LogP contribution in [-0.4, -0.2) is 43.8 Å². The number of hydrogen-bond donors (Lipinski definition) is 2. The van der Waals surface area contributed by atoms with Gasteiger partial charge in [0, 0.05) is 11.8 Å². The number of nitrogens with one attached hydrogen (secondary N) is 1. The fraction of sp³-hybridized carbons (Fsp3) is 0.500. The van der Waals surface area contributed by atoms with Crippen molar-refractivity contribution in [3.8, 4) is 5.75 Å². The van der Waals surface area contributed by atoms with E-state index in [0.29, 0.717) is 12.3 Å². The molecule has 0 aromatic heterocycles. The molecule has 1 heterocycles. The van der Waals surface area contributed by atoms with Crippen LogP contribution in [0.1, 0.15) is 6.92 Å². The molecular formula is C12H16FNO4S. The molecule has 1 fully saturated rings. The van der Waals surface area contributed by atoms with Crippen molar-refractivity contribution >= 4 is 15.5 Å². The predicted octanol–water partition coefficient (Wildman–Crippen LogP) is 0.794. The number of sulfone groups is 1. The number of ether oxygens (including phenoxy) is 1. The molecule has 1 saturated heterocycles. The average Bonchev–Trinajstić information content (AvgIpc) is 2.56. The highest BCUT2D eigenvalue weighted by molar-refractivity contribution is 7.91. The average molecular weight is 289 g/mol. The van der Waals surface area contributed by atoms with Crippen molar-refractivity contribution in [1.82, 2.24) is 0 Å². The molecule has 0 spiro atoms. The summed E-state index contributed by atoms with van der Waals surface area (Å²) in [6.07, 6.45) is -0.973. The minimum atomic E-state index is -3.22. The second kappa shape index (κ2) is 5.34. The van der Waals surface area contributed by atoms with Gasteiger partial charge in [0.1, 0.15) is 0 Å². The molecule has 0 saturated carbocycles. The zero-order valence-electron chi connectivity index (χ0n) is 10.5. The lowest BCUT2D eigenvalue weighted by atomic mass is 10.2. The highest BCUT2D eigenvalue weighted by Crippen LogP contribution is 2.23. The molecule has 2 N–H and O–H groups in total. The second-order valence-electron chi connectivity index (χ2n) is 4.47. The summed E-state index contributed by atoms with van der Waals surface area (Å²) in [4.78, 5) is 0. The third-order valence-corrected chi connectivity index (χ3v) is 4.62. The summed E-state index contributed by atoms with van der Waals surface area (Å²) in [5, 5.41) is 12.5. The third kappa shape index (κ3) is 3.36. The molecule has 0 radical (unpaired) electrons. The van der Waals surface area contributed by atoms with Gasteiger partial charge in [-0.3, -0.25) is 0 Å². The smallest absolute Gasteiger partial charge is 0.167 e. The Morgan fingerprint density at radius 1 is 1.47 bits per heavy atom. The number of rotatable bonds is 4. The van der Waals surface area contributed by atoms with Crippen molar-refractivity contribution in [3.05, 3.63) is 24.0 Å². The second-order valence-corrected chi connectivity index (χ2v) is 6.63. The number of benzene rings is 1. The Hall–Kier alpha value is -1.34. The first-order chi connectivity index (χ1) is 8.91. The first-order valence-electron chi connectivity index (χ1n) is 5.98. The highest BCUT2D eigenvalue weighted by Gasteiger charge is 2.36. The molecule has 1 aliphatic rings. The van der Waals surface area contributed by atoms with Crippen molar-refractivity contribution in [2.24, 2.45) is 0 Å². The Morgan fingerprint density at radius 2 is 2.21 bits per heavy atom. The molecule has 0 amide bonds. The van der Waals surface area contributed by atoms with Crippen LogP contribution >= 0.6 is 0 Å². The van der Waals surface area contributed by atoms with Gasteiger partial charge in [-0.25, -0.2) is 12.8 Å². The van der Waals surface area contributed by atoms with E-state index in [1.807, 2.05) is 0 Å². The lowest BCUT2D eigenvalue weighted by Crippen LogP contribution is -2.31. The monoisotopic (exact) mass is 289 g/mol. The number of anilines is 1. The first kappa shape index (κ1) is 14.1. The SMILES string of the molecule is CCOc1ccc(NC2CS(=O)(=O)CC2O)cc1F. The summed E-state index contributed by atoms with van der Waals surface area (Å²) < 4.78 is 41.4. The van der Waals surface area contributed by atoms with Gasteiger partial charge in [0.25, 0.3) is 0 Å². The van der Waals surface area contributed by atoms with Gasteiger partial charge in [0.15, 0.2) is 21.4 Å².